The molecule has 0 atom stereocenters. The zero-order chi connectivity index (χ0) is 13.8. The summed E-state index contributed by atoms with van der Waals surface area (Å²) in [5, 5.41) is 12.9. The van der Waals surface area contributed by atoms with Crippen LogP contribution in [0.25, 0.3) is 0 Å². The van der Waals surface area contributed by atoms with E-state index in [1.165, 1.54) is 24.3 Å². The van der Waals surface area contributed by atoms with Crippen LogP contribution in [0.15, 0.2) is 24.3 Å². The van der Waals surface area contributed by atoms with Gasteiger partial charge in [0.05, 0.1) is 10.5 Å². The van der Waals surface area contributed by atoms with Crippen molar-refractivity contribution in [1.29, 1.82) is 0 Å². The molecule has 0 fully saturated rings. The number of urea groups is 1. The first-order valence-electron chi connectivity index (χ1n) is 5.27. The van der Waals surface area contributed by atoms with Crippen molar-refractivity contribution in [3.63, 3.8) is 0 Å². The molecular formula is C11H15N3O4. The topological polar surface area (TPSA) is 93.5 Å². The third kappa shape index (κ3) is 4.79. The molecule has 0 heterocycles. The van der Waals surface area contributed by atoms with E-state index in [2.05, 4.69) is 10.8 Å². The van der Waals surface area contributed by atoms with Gasteiger partial charge in [-0.05, 0) is 32.9 Å². The van der Waals surface area contributed by atoms with E-state index in [4.69, 9.17) is 4.84 Å². The summed E-state index contributed by atoms with van der Waals surface area (Å²) < 4.78 is 0. The zero-order valence-electron chi connectivity index (χ0n) is 10.4. The van der Waals surface area contributed by atoms with Gasteiger partial charge in [-0.1, -0.05) is 0 Å². The highest BCUT2D eigenvalue weighted by Gasteiger charge is 2.13. The first-order valence-corrected chi connectivity index (χ1v) is 5.27. The number of anilines is 1. The van der Waals surface area contributed by atoms with Crippen molar-refractivity contribution >= 4 is 17.4 Å². The van der Waals surface area contributed by atoms with Crippen LogP contribution in [0.3, 0.4) is 0 Å². The first-order chi connectivity index (χ1) is 8.28. The molecule has 0 aliphatic heterocycles. The molecule has 7 nitrogen and oxygen atoms in total. The van der Waals surface area contributed by atoms with E-state index in [0.29, 0.717) is 5.69 Å². The minimum atomic E-state index is -0.543. The van der Waals surface area contributed by atoms with Crippen molar-refractivity contribution in [3.8, 4) is 0 Å². The Balaban J connectivity index is 2.52. The van der Waals surface area contributed by atoms with Gasteiger partial charge in [-0.15, -0.1) is 0 Å². The molecule has 0 aliphatic carbocycles. The summed E-state index contributed by atoms with van der Waals surface area (Å²) in [7, 11) is 0. The maximum atomic E-state index is 11.4. The largest absolute Gasteiger partial charge is 0.343 e. The van der Waals surface area contributed by atoms with Gasteiger partial charge in [0.15, 0.2) is 0 Å². The lowest BCUT2D eigenvalue weighted by atomic mass is 10.2. The van der Waals surface area contributed by atoms with Crippen molar-refractivity contribution in [2.75, 3.05) is 5.32 Å². The zero-order valence-corrected chi connectivity index (χ0v) is 10.4. The fraction of sp³-hybridized carbons (Fsp3) is 0.364. The van der Waals surface area contributed by atoms with Gasteiger partial charge < -0.3 is 5.32 Å². The van der Waals surface area contributed by atoms with Crippen LogP contribution in [0, 0.1) is 10.1 Å². The fourth-order valence-corrected chi connectivity index (χ4v) is 1.02. The Bertz CT molecular complexity index is 437. The molecule has 7 heteroatoms. The molecule has 0 saturated carbocycles. The molecule has 0 unspecified atom stereocenters. The number of non-ortho nitro benzene ring substituents is 1. The summed E-state index contributed by atoms with van der Waals surface area (Å²) in [5.41, 5.74) is 2.14. The Morgan fingerprint density at radius 2 is 1.83 bits per heavy atom. The number of benzene rings is 1. The third-order valence-electron chi connectivity index (χ3n) is 1.79. The summed E-state index contributed by atoms with van der Waals surface area (Å²) in [4.78, 5) is 26.4. The molecule has 0 aliphatic rings. The number of nitrogens with one attached hydrogen (secondary N) is 2. The van der Waals surface area contributed by atoms with Gasteiger partial charge in [0.1, 0.15) is 0 Å². The van der Waals surface area contributed by atoms with E-state index in [0.717, 1.165) is 0 Å². The highest BCUT2D eigenvalue weighted by atomic mass is 16.7. The maximum absolute atomic E-state index is 11.4. The average Bonchev–Trinajstić information content (AvgIpc) is 2.26. The molecule has 18 heavy (non-hydrogen) atoms. The van der Waals surface area contributed by atoms with Gasteiger partial charge in [0.25, 0.3) is 5.69 Å². The molecule has 0 saturated heterocycles. The SMILES string of the molecule is CC(C)(C)ONC(=O)Nc1ccc([N+](=O)[O-])cc1. The molecule has 2 amide bonds. The Morgan fingerprint density at radius 3 is 2.28 bits per heavy atom. The second kappa shape index (κ2) is 5.46. The smallest absolute Gasteiger partial charge is 0.306 e. The lowest BCUT2D eigenvalue weighted by Crippen LogP contribution is -2.36. The average molecular weight is 253 g/mol. The van der Waals surface area contributed by atoms with Crippen molar-refractivity contribution in [3.05, 3.63) is 34.4 Å². The number of hydrogen-bond donors (Lipinski definition) is 2. The van der Waals surface area contributed by atoms with Crippen LogP contribution < -0.4 is 10.8 Å². The van der Waals surface area contributed by atoms with Gasteiger partial charge in [0, 0.05) is 17.8 Å². The van der Waals surface area contributed by atoms with Crippen molar-refractivity contribution in [1.82, 2.24) is 5.48 Å². The highest BCUT2D eigenvalue weighted by Crippen LogP contribution is 2.15. The monoisotopic (exact) mass is 253 g/mol. The number of amides is 2. The Hall–Kier alpha value is -2.15. The van der Waals surface area contributed by atoms with Crippen molar-refractivity contribution < 1.29 is 14.6 Å². The fourth-order valence-electron chi connectivity index (χ4n) is 1.02. The van der Waals surface area contributed by atoms with Crippen LogP contribution in [0.5, 0.6) is 0 Å². The predicted octanol–water partition coefficient (Wildman–Crippen LogP) is 2.45. The number of carbonyl (C=O) groups is 1. The highest BCUT2D eigenvalue weighted by molar-refractivity contribution is 5.88. The van der Waals surface area contributed by atoms with Crippen LogP contribution >= 0.6 is 0 Å². The van der Waals surface area contributed by atoms with Gasteiger partial charge in [-0.2, -0.15) is 0 Å². The quantitative estimate of drug-likeness (QED) is 0.639. The molecule has 0 bridgehead atoms. The lowest BCUT2D eigenvalue weighted by molar-refractivity contribution is -0.384. The number of hydroxylamine groups is 1. The van der Waals surface area contributed by atoms with E-state index in [-0.39, 0.29) is 5.69 Å². The Kier molecular flexibility index (Phi) is 4.22. The molecule has 1 rings (SSSR count). The van der Waals surface area contributed by atoms with Crippen LogP contribution in [-0.4, -0.2) is 16.6 Å². The minimum Gasteiger partial charge on any atom is -0.306 e. The molecule has 1 aromatic carbocycles. The third-order valence-corrected chi connectivity index (χ3v) is 1.79. The Labute approximate surface area is 104 Å². The predicted molar refractivity (Wildman–Crippen MR) is 66.1 cm³/mol. The van der Waals surface area contributed by atoms with E-state index in [9.17, 15) is 14.9 Å². The second-order valence-electron chi connectivity index (χ2n) is 4.57. The van der Waals surface area contributed by atoms with E-state index >= 15 is 0 Å². The van der Waals surface area contributed by atoms with E-state index in [1.807, 2.05) is 0 Å². The van der Waals surface area contributed by atoms with Crippen LogP contribution in [-0.2, 0) is 4.84 Å². The summed E-state index contributed by atoms with van der Waals surface area (Å²) in [6.07, 6.45) is 0. The van der Waals surface area contributed by atoms with E-state index in [1.54, 1.807) is 20.8 Å². The first kappa shape index (κ1) is 13.9. The standard InChI is InChI=1S/C11H15N3O4/c1-11(2,3)18-13-10(15)12-8-4-6-9(7-5-8)14(16)17/h4-7H,1-3H3,(H2,12,13,15). The molecule has 1 aromatic rings. The van der Waals surface area contributed by atoms with Gasteiger partial charge in [-0.3, -0.25) is 15.0 Å². The number of rotatable bonds is 3. The lowest BCUT2D eigenvalue weighted by Gasteiger charge is -2.19. The van der Waals surface area contributed by atoms with Gasteiger partial charge in [-0.25, -0.2) is 10.3 Å². The summed E-state index contributed by atoms with van der Waals surface area (Å²) in [5.74, 6) is 0. The van der Waals surface area contributed by atoms with Crippen molar-refractivity contribution in [2.24, 2.45) is 0 Å². The number of nitro benzene ring substituents is 1. The van der Waals surface area contributed by atoms with E-state index < -0.39 is 16.6 Å². The normalized spacial score (nSPS) is 10.8. The van der Waals surface area contributed by atoms with Gasteiger partial charge in [0.2, 0.25) is 0 Å². The second-order valence-corrected chi connectivity index (χ2v) is 4.57. The Morgan fingerprint density at radius 1 is 1.28 bits per heavy atom. The molecular weight excluding hydrogens is 238 g/mol. The number of nitrogens with zero attached hydrogens (tertiary/aromatic N) is 1. The molecule has 0 radical (unpaired) electrons. The number of nitro groups is 1. The maximum Gasteiger partial charge on any atom is 0.343 e. The van der Waals surface area contributed by atoms with Crippen molar-refractivity contribution in [2.45, 2.75) is 26.4 Å². The summed E-state index contributed by atoms with van der Waals surface area (Å²) >= 11 is 0. The van der Waals surface area contributed by atoms with Gasteiger partial charge >= 0.3 is 6.03 Å². The van der Waals surface area contributed by atoms with Crippen LogP contribution in [0.1, 0.15) is 20.8 Å². The molecule has 2 N–H and O–H groups in total. The molecule has 0 spiro atoms. The molecule has 98 valence electrons. The van der Waals surface area contributed by atoms with Crippen LogP contribution in [0.4, 0.5) is 16.2 Å². The minimum absolute atomic E-state index is 0.0353. The number of hydrogen-bond acceptors (Lipinski definition) is 4. The number of carbonyl (C=O) groups excluding carboxylic acids is 1. The summed E-state index contributed by atoms with van der Waals surface area (Å²) in [6.45, 7) is 5.37. The molecule has 0 aromatic heterocycles. The van der Waals surface area contributed by atoms with Crippen LogP contribution in [0.2, 0.25) is 0 Å². The summed E-state index contributed by atoms with van der Waals surface area (Å²) in [6, 6.07) is 4.95.